The van der Waals surface area contributed by atoms with Crippen LogP contribution in [0.4, 0.5) is 13.2 Å². The standard InChI is InChI=1S/C32H30BrF3N6O3/c1-17-14-23-27(16-40(17)29(44)20-10-13-25(33)24(15-20)32(34,35)36)38-31(42-18(2)22-6-4-5-7-26(22)39-42)41(30(23)45)21-11-8-19(9-12-21)28(43)37-3/h8-13,15,17H,4-7,14,16H2,1-3H3,(H,37,43). The van der Waals surface area contributed by atoms with Crippen molar-refractivity contribution in [2.75, 3.05) is 7.05 Å². The summed E-state index contributed by atoms with van der Waals surface area (Å²) in [7, 11) is 1.54. The van der Waals surface area contributed by atoms with Crippen LogP contribution >= 0.6 is 15.9 Å². The Morgan fingerprint density at radius 2 is 1.69 bits per heavy atom. The number of nitrogens with zero attached hydrogens (tertiary/aromatic N) is 5. The molecule has 0 spiro atoms. The third-order valence-corrected chi connectivity index (χ3v) is 9.29. The summed E-state index contributed by atoms with van der Waals surface area (Å²) in [5, 5.41) is 7.44. The van der Waals surface area contributed by atoms with Crippen molar-refractivity contribution < 1.29 is 22.8 Å². The molecule has 2 aliphatic rings. The molecule has 9 nitrogen and oxygen atoms in total. The van der Waals surface area contributed by atoms with Gasteiger partial charge in [-0.25, -0.2) is 14.2 Å². The molecule has 2 amide bonds. The molecule has 45 heavy (non-hydrogen) atoms. The van der Waals surface area contributed by atoms with E-state index < -0.39 is 23.7 Å². The van der Waals surface area contributed by atoms with Gasteiger partial charge in [-0.15, -0.1) is 0 Å². The molecule has 0 bridgehead atoms. The number of benzene rings is 2. The number of amides is 2. The first-order chi connectivity index (χ1) is 21.4. The van der Waals surface area contributed by atoms with Gasteiger partial charge in [-0.3, -0.25) is 14.4 Å². The van der Waals surface area contributed by atoms with Crippen LogP contribution in [-0.2, 0) is 32.0 Å². The highest BCUT2D eigenvalue weighted by molar-refractivity contribution is 9.10. The Morgan fingerprint density at radius 1 is 1.00 bits per heavy atom. The normalized spacial score (nSPS) is 16.2. The van der Waals surface area contributed by atoms with Gasteiger partial charge in [-0.05, 0) is 94.0 Å². The third kappa shape index (κ3) is 5.47. The molecule has 4 aromatic rings. The molecule has 1 aliphatic heterocycles. The third-order valence-electron chi connectivity index (χ3n) is 8.59. The molecule has 0 saturated heterocycles. The minimum Gasteiger partial charge on any atom is -0.355 e. The van der Waals surface area contributed by atoms with E-state index in [2.05, 4.69) is 21.2 Å². The Bertz CT molecular complexity index is 1900. The van der Waals surface area contributed by atoms with Crippen LogP contribution in [0.3, 0.4) is 0 Å². The number of nitrogens with one attached hydrogen (secondary N) is 1. The molecule has 3 heterocycles. The monoisotopic (exact) mass is 682 g/mol. The van der Waals surface area contributed by atoms with Crippen molar-refractivity contribution in [3.8, 4) is 11.6 Å². The first-order valence-corrected chi connectivity index (χ1v) is 15.4. The summed E-state index contributed by atoms with van der Waals surface area (Å²) < 4.78 is 43.8. The second-order valence-electron chi connectivity index (χ2n) is 11.4. The summed E-state index contributed by atoms with van der Waals surface area (Å²) in [6, 6.07) is 9.51. The fourth-order valence-corrected chi connectivity index (χ4v) is 6.62. The van der Waals surface area contributed by atoms with Crippen LogP contribution in [0.5, 0.6) is 0 Å². The van der Waals surface area contributed by atoms with Crippen LogP contribution in [-0.4, -0.2) is 49.1 Å². The summed E-state index contributed by atoms with van der Waals surface area (Å²) in [4.78, 5) is 46.5. The Morgan fingerprint density at radius 3 is 2.36 bits per heavy atom. The number of hydrogen-bond acceptors (Lipinski definition) is 5. The quantitative estimate of drug-likeness (QED) is 0.314. The van der Waals surface area contributed by atoms with Gasteiger partial charge in [0.2, 0.25) is 5.95 Å². The highest BCUT2D eigenvalue weighted by Crippen LogP contribution is 2.36. The molecule has 0 radical (unpaired) electrons. The minimum atomic E-state index is -4.64. The number of aromatic nitrogens is 4. The zero-order valence-electron chi connectivity index (χ0n) is 24.8. The van der Waals surface area contributed by atoms with E-state index in [1.54, 1.807) is 35.9 Å². The average molecular weight is 684 g/mol. The van der Waals surface area contributed by atoms with Gasteiger partial charge < -0.3 is 10.2 Å². The van der Waals surface area contributed by atoms with E-state index in [0.29, 0.717) is 22.5 Å². The second-order valence-corrected chi connectivity index (χ2v) is 12.3. The molecule has 1 N–H and O–H groups in total. The molecule has 2 aromatic heterocycles. The molecule has 6 rings (SSSR count). The SMILES string of the molecule is CNC(=O)c1ccc(-n2c(-n3nc4c(c3C)CCCC4)nc3c(c2=O)CC(C)N(C(=O)c2ccc(Br)c(C(F)(F)F)c2)C3)cc1. The van der Waals surface area contributed by atoms with Crippen LogP contribution < -0.4 is 10.9 Å². The molecule has 1 unspecified atom stereocenters. The van der Waals surface area contributed by atoms with Crippen molar-refractivity contribution >= 4 is 27.7 Å². The van der Waals surface area contributed by atoms with Gasteiger partial charge in [0.05, 0.1) is 29.2 Å². The number of fused-ring (bicyclic) bond motifs is 2. The van der Waals surface area contributed by atoms with Gasteiger partial charge in [-0.1, -0.05) is 15.9 Å². The van der Waals surface area contributed by atoms with Crippen LogP contribution in [0, 0.1) is 6.92 Å². The number of alkyl halides is 3. The number of carbonyl (C=O) groups excluding carboxylic acids is 2. The van der Waals surface area contributed by atoms with Crippen molar-refractivity contribution in [3.05, 3.63) is 102 Å². The van der Waals surface area contributed by atoms with Gasteiger partial charge in [0, 0.05) is 39.9 Å². The fourth-order valence-electron chi connectivity index (χ4n) is 6.15. The highest BCUT2D eigenvalue weighted by atomic mass is 79.9. The fraction of sp³-hybridized carbons (Fsp3) is 0.344. The van der Waals surface area contributed by atoms with Gasteiger partial charge in [0.15, 0.2) is 0 Å². The molecule has 1 aliphatic carbocycles. The summed E-state index contributed by atoms with van der Waals surface area (Å²) in [5.41, 5.74) is 3.24. The lowest BCUT2D eigenvalue weighted by molar-refractivity contribution is -0.138. The summed E-state index contributed by atoms with van der Waals surface area (Å²) >= 11 is 2.93. The molecular formula is C32H30BrF3N6O3. The zero-order chi connectivity index (χ0) is 32.2. The first-order valence-electron chi connectivity index (χ1n) is 14.6. The number of aryl methyl sites for hydroxylation is 1. The summed E-state index contributed by atoms with van der Waals surface area (Å²) in [5.74, 6) is -0.613. The van der Waals surface area contributed by atoms with Crippen molar-refractivity contribution in [1.82, 2.24) is 29.5 Å². The predicted octanol–water partition coefficient (Wildman–Crippen LogP) is 5.33. The first kappa shape index (κ1) is 30.8. The van der Waals surface area contributed by atoms with Gasteiger partial charge in [0.1, 0.15) is 0 Å². The van der Waals surface area contributed by atoms with Crippen molar-refractivity contribution in [2.45, 2.75) is 64.7 Å². The number of halogens is 4. The van der Waals surface area contributed by atoms with E-state index in [0.717, 1.165) is 48.7 Å². The van der Waals surface area contributed by atoms with Crippen LogP contribution in [0.25, 0.3) is 11.6 Å². The van der Waals surface area contributed by atoms with Crippen molar-refractivity contribution in [3.63, 3.8) is 0 Å². The number of carbonyl (C=O) groups is 2. The minimum absolute atomic E-state index is 0.0640. The lowest BCUT2D eigenvalue weighted by atomic mass is 9.96. The van der Waals surface area contributed by atoms with Crippen molar-refractivity contribution in [2.24, 2.45) is 0 Å². The Balaban J connectivity index is 1.48. The molecular weight excluding hydrogens is 653 g/mol. The van der Waals surface area contributed by atoms with Crippen LogP contribution in [0.1, 0.15) is 74.3 Å². The van der Waals surface area contributed by atoms with E-state index in [9.17, 15) is 27.6 Å². The predicted molar refractivity (Wildman–Crippen MR) is 164 cm³/mol. The number of rotatable bonds is 4. The highest BCUT2D eigenvalue weighted by Gasteiger charge is 2.36. The zero-order valence-corrected chi connectivity index (χ0v) is 26.4. The number of hydrogen-bond donors (Lipinski definition) is 1. The smallest absolute Gasteiger partial charge is 0.355 e. The Labute approximate surface area is 265 Å². The maximum absolute atomic E-state index is 14.3. The van der Waals surface area contributed by atoms with E-state index in [-0.39, 0.29) is 40.4 Å². The topological polar surface area (TPSA) is 102 Å². The molecule has 0 fully saturated rings. The van der Waals surface area contributed by atoms with E-state index >= 15 is 0 Å². The van der Waals surface area contributed by atoms with E-state index in [4.69, 9.17) is 10.1 Å². The second kappa shape index (κ2) is 11.6. The molecule has 2 aromatic carbocycles. The molecule has 234 valence electrons. The molecule has 13 heteroatoms. The Hall–Kier alpha value is -4.26. The van der Waals surface area contributed by atoms with Gasteiger partial charge >= 0.3 is 6.18 Å². The van der Waals surface area contributed by atoms with Crippen molar-refractivity contribution in [1.29, 1.82) is 0 Å². The van der Waals surface area contributed by atoms with Crippen LogP contribution in [0.15, 0.2) is 51.7 Å². The molecule has 0 saturated carbocycles. The maximum atomic E-state index is 14.3. The van der Waals surface area contributed by atoms with E-state index in [1.165, 1.54) is 28.6 Å². The lowest BCUT2D eigenvalue weighted by Crippen LogP contribution is -2.46. The van der Waals surface area contributed by atoms with Gasteiger partial charge in [0.25, 0.3) is 17.4 Å². The maximum Gasteiger partial charge on any atom is 0.417 e. The van der Waals surface area contributed by atoms with E-state index in [1.807, 2.05) is 6.92 Å². The lowest BCUT2D eigenvalue weighted by Gasteiger charge is -2.34. The largest absolute Gasteiger partial charge is 0.417 e. The van der Waals surface area contributed by atoms with Crippen LogP contribution in [0.2, 0.25) is 0 Å². The average Bonchev–Trinajstić information content (AvgIpc) is 3.36. The summed E-state index contributed by atoms with van der Waals surface area (Å²) in [6.45, 7) is 3.63. The van der Waals surface area contributed by atoms with Gasteiger partial charge in [-0.2, -0.15) is 18.3 Å². The summed E-state index contributed by atoms with van der Waals surface area (Å²) in [6.07, 6.45) is -0.769. The molecule has 1 atom stereocenters. The Kier molecular flexibility index (Phi) is 7.92.